The standard InChI is InChI=1S/C11H17N3OS/c1-8(9-5-3-2-4-6-9)13-11(15)10-7-12-14-16-10/h7-9H,2-6H2,1H3,(H,13,15). The van der Waals surface area contributed by atoms with E-state index in [2.05, 4.69) is 21.8 Å². The van der Waals surface area contributed by atoms with E-state index in [1.54, 1.807) is 0 Å². The average molecular weight is 239 g/mol. The van der Waals surface area contributed by atoms with Gasteiger partial charge in [-0.15, -0.1) is 5.10 Å². The minimum atomic E-state index is -0.0342. The number of hydrogen-bond donors (Lipinski definition) is 1. The number of nitrogens with zero attached hydrogens (tertiary/aromatic N) is 2. The molecule has 1 aromatic heterocycles. The Morgan fingerprint density at radius 1 is 1.50 bits per heavy atom. The maximum atomic E-state index is 11.8. The fourth-order valence-electron chi connectivity index (χ4n) is 2.30. The summed E-state index contributed by atoms with van der Waals surface area (Å²) < 4.78 is 3.69. The fraction of sp³-hybridized carbons (Fsp3) is 0.727. The van der Waals surface area contributed by atoms with Crippen LogP contribution in [-0.4, -0.2) is 21.5 Å². The number of carbonyl (C=O) groups is 1. The first kappa shape index (κ1) is 11.5. The number of hydrogen-bond acceptors (Lipinski definition) is 4. The predicted molar refractivity (Wildman–Crippen MR) is 63.4 cm³/mol. The fourth-order valence-corrected chi connectivity index (χ4v) is 2.72. The summed E-state index contributed by atoms with van der Waals surface area (Å²) in [6.07, 6.45) is 7.94. The van der Waals surface area contributed by atoms with Gasteiger partial charge < -0.3 is 5.32 Å². The van der Waals surface area contributed by atoms with Crippen LogP contribution in [0.1, 0.15) is 48.7 Å². The second-order valence-electron chi connectivity index (χ2n) is 4.44. The minimum absolute atomic E-state index is 0.0342. The third-order valence-electron chi connectivity index (χ3n) is 3.30. The van der Waals surface area contributed by atoms with Crippen LogP contribution >= 0.6 is 11.5 Å². The van der Waals surface area contributed by atoms with Crippen molar-refractivity contribution in [3.05, 3.63) is 11.1 Å². The van der Waals surface area contributed by atoms with Crippen LogP contribution in [0.15, 0.2) is 6.20 Å². The van der Waals surface area contributed by atoms with Gasteiger partial charge in [0.1, 0.15) is 4.88 Å². The van der Waals surface area contributed by atoms with E-state index in [-0.39, 0.29) is 11.9 Å². The van der Waals surface area contributed by atoms with Crippen LogP contribution in [-0.2, 0) is 0 Å². The average Bonchev–Trinajstić information content (AvgIpc) is 2.83. The summed E-state index contributed by atoms with van der Waals surface area (Å²) in [5, 5.41) is 6.71. The quantitative estimate of drug-likeness (QED) is 0.880. The lowest BCUT2D eigenvalue weighted by Gasteiger charge is -2.27. The zero-order valence-electron chi connectivity index (χ0n) is 9.48. The molecule has 1 unspecified atom stereocenters. The Hall–Kier alpha value is -0.970. The van der Waals surface area contributed by atoms with Crippen LogP contribution in [0.25, 0.3) is 0 Å². The molecule has 1 N–H and O–H groups in total. The molecule has 1 fully saturated rings. The van der Waals surface area contributed by atoms with Crippen molar-refractivity contribution in [1.82, 2.24) is 14.9 Å². The number of aromatic nitrogens is 2. The van der Waals surface area contributed by atoms with Crippen LogP contribution in [0.2, 0.25) is 0 Å². The smallest absolute Gasteiger partial charge is 0.264 e. The van der Waals surface area contributed by atoms with E-state index < -0.39 is 0 Å². The van der Waals surface area contributed by atoms with Crippen LogP contribution in [0.5, 0.6) is 0 Å². The molecular formula is C11H17N3OS. The van der Waals surface area contributed by atoms with Crippen molar-refractivity contribution in [2.24, 2.45) is 5.92 Å². The largest absolute Gasteiger partial charge is 0.349 e. The molecule has 88 valence electrons. The Labute approximate surface area is 99.6 Å². The highest BCUT2D eigenvalue weighted by atomic mass is 32.1. The number of nitrogens with one attached hydrogen (secondary N) is 1. The monoisotopic (exact) mass is 239 g/mol. The summed E-state index contributed by atoms with van der Waals surface area (Å²) in [7, 11) is 0. The highest BCUT2D eigenvalue weighted by Gasteiger charge is 2.22. The molecular weight excluding hydrogens is 222 g/mol. The summed E-state index contributed by atoms with van der Waals surface area (Å²) in [4.78, 5) is 12.4. The molecule has 0 aliphatic heterocycles. The van der Waals surface area contributed by atoms with E-state index in [0.717, 1.165) is 11.5 Å². The molecule has 1 heterocycles. The van der Waals surface area contributed by atoms with Crippen molar-refractivity contribution < 1.29 is 4.79 Å². The molecule has 0 radical (unpaired) electrons. The van der Waals surface area contributed by atoms with Gasteiger partial charge in [0.15, 0.2) is 0 Å². The predicted octanol–water partition coefficient (Wildman–Crippen LogP) is 2.24. The summed E-state index contributed by atoms with van der Waals surface area (Å²) in [5.74, 6) is 0.603. The van der Waals surface area contributed by atoms with Crippen LogP contribution in [0.4, 0.5) is 0 Å². The first-order valence-corrected chi connectivity index (χ1v) is 6.63. The first-order valence-electron chi connectivity index (χ1n) is 5.85. The molecule has 0 saturated heterocycles. The van der Waals surface area contributed by atoms with Crippen molar-refractivity contribution in [2.45, 2.75) is 45.1 Å². The second-order valence-corrected chi connectivity index (χ2v) is 5.23. The van der Waals surface area contributed by atoms with Gasteiger partial charge in [-0.3, -0.25) is 4.79 Å². The molecule has 0 bridgehead atoms. The van der Waals surface area contributed by atoms with Crippen molar-refractivity contribution in [2.75, 3.05) is 0 Å². The first-order chi connectivity index (χ1) is 7.77. The molecule has 2 rings (SSSR count). The Morgan fingerprint density at radius 2 is 2.25 bits per heavy atom. The van der Waals surface area contributed by atoms with Crippen molar-refractivity contribution in [1.29, 1.82) is 0 Å². The summed E-state index contributed by atoms with van der Waals surface area (Å²) >= 11 is 1.15. The van der Waals surface area contributed by atoms with Gasteiger partial charge in [0.2, 0.25) is 0 Å². The summed E-state index contributed by atoms with van der Waals surface area (Å²) in [6, 6.07) is 0.259. The zero-order valence-corrected chi connectivity index (χ0v) is 10.3. The third kappa shape index (κ3) is 2.78. The molecule has 1 aliphatic carbocycles. The number of rotatable bonds is 3. The molecule has 1 atom stereocenters. The Bertz CT molecular complexity index is 333. The van der Waals surface area contributed by atoms with Gasteiger partial charge in [0, 0.05) is 6.04 Å². The van der Waals surface area contributed by atoms with Gasteiger partial charge in [-0.2, -0.15) is 0 Å². The zero-order chi connectivity index (χ0) is 11.4. The molecule has 1 amide bonds. The summed E-state index contributed by atoms with van der Waals surface area (Å²) in [5.41, 5.74) is 0. The van der Waals surface area contributed by atoms with Gasteiger partial charge >= 0.3 is 0 Å². The van der Waals surface area contributed by atoms with Crippen molar-refractivity contribution in [3.63, 3.8) is 0 Å². The normalized spacial score (nSPS) is 19.3. The van der Waals surface area contributed by atoms with E-state index in [9.17, 15) is 4.79 Å². The number of amides is 1. The van der Waals surface area contributed by atoms with E-state index in [4.69, 9.17) is 0 Å². The van der Waals surface area contributed by atoms with Gasteiger partial charge in [-0.05, 0) is 37.2 Å². The van der Waals surface area contributed by atoms with Crippen LogP contribution < -0.4 is 5.32 Å². The SMILES string of the molecule is CC(NC(=O)c1cnns1)C1CCCCC1. The topological polar surface area (TPSA) is 54.9 Å². The van der Waals surface area contributed by atoms with Gasteiger partial charge in [-0.1, -0.05) is 23.8 Å². The lowest BCUT2D eigenvalue weighted by molar-refractivity contribution is 0.0923. The molecule has 0 spiro atoms. The Kier molecular flexibility index (Phi) is 3.88. The van der Waals surface area contributed by atoms with Gasteiger partial charge in [0.05, 0.1) is 6.20 Å². The molecule has 4 nitrogen and oxygen atoms in total. The molecule has 5 heteroatoms. The van der Waals surface area contributed by atoms with E-state index in [0.29, 0.717) is 10.8 Å². The molecule has 1 aliphatic rings. The molecule has 1 aromatic rings. The second kappa shape index (κ2) is 5.39. The lowest BCUT2D eigenvalue weighted by Crippen LogP contribution is -2.38. The van der Waals surface area contributed by atoms with Crippen LogP contribution in [0.3, 0.4) is 0 Å². The lowest BCUT2D eigenvalue weighted by atomic mass is 9.84. The Balaban J connectivity index is 1.86. The van der Waals surface area contributed by atoms with Crippen LogP contribution in [0, 0.1) is 5.92 Å². The van der Waals surface area contributed by atoms with Gasteiger partial charge in [-0.25, -0.2) is 0 Å². The maximum absolute atomic E-state index is 11.8. The highest BCUT2D eigenvalue weighted by Crippen LogP contribution is 2.26. The minimum Gasteiger partial charge on any atom is -0.349 e. The van der Waals surface area contributed by atoms with E-state index in [1.165, 1.54) is 38.3 Å². The van der Waals surface area contributed by atoms with Crippen molar-refractivity contribution in [3.8, 4) is 0 Å². The molecule has 1 saturated carbocycles. The van der Waals surface area contributed by atoms with Gasteiger partial charge in [0.25, 0.3) is 5.91 Å². The third-order valence-corrected chi connectivity index (χ3v) is 3.96. The molecule has 16 heavy (non-hydrogen) atoms. The Morgan fingerprint density at radius 3 is 2.88 bits per heavy atom. The summed E-state index contributed by atoms with van der Waals surface area (Å²) in [6.45, 7) is 2.10. The number of carbonyl (C=O) groups excluding carboxylic acids is 1. The highest BCUT2D eigenvalue weighted by molar-refractivity contribution is 7.07. The molecule has 0 aromatic carbocycles. The maximum Gasteiger partial charge on any atom is 0.264 e. The van der Waals surface area contributed by atoms with E-state index >= 15 is 0 Å². The van der Waals surface area contributed by atoms with Crippen molar-refractivity contribution >= 4 is 17.4 Å². The van der Waals surface area contributed by atoms with E-state index in [1.807, 2.05) is 0 Å².